The van der Waals surface area contributed by atoms with Crippen LogP contribution in [0.2, 0.25) is 5.15 Å². The molecule has 1 amide bonds. The molecule has 1 aliphatic carbocycles. The highest BCUT2D eigenvalue weighted by atomic mass is 79.9. The molecule has 0 unspecified atom stereocenters. The molecule has 1 aromatic carbocycles. The largest absolute Gasteiger partial charge is 0.390 e. The average Bonchev–Trinajstić information content (AvgIpc) is 2.78. The second-order valence-electron chi connectivity index (χ2n) is 4.91. The van der Waals surface area contributed by atoms with E-state index < -0.39 is 12.1 Å². The maximum absolute atomic E-state index is 12.4. The van der Waals surface area contributed by atoms with Gasteiger partial charge < -0.3 is 10.4 Å². The van der Waals surface area contributed by atoms with Crippen LogP contribution in [-0.4, -0.2) is 22.1 Å². The highest BCUT2D eigenvalue weighted by molar-refractivity contribution is 9.10. The van der Waals surface area contributed by atoms with Gasteiger partial charge in [0.05, 0.1) is 17.7 Å². The molecule has 1 heterocycles. The minimum atomic E-state index is -0.634. The highest BCUT2D eigenvalue weighted by Crippen LogP contribution is 2.31. The number of aliphatic hydroxyl groups excluding tert-OH is 1. The van der Waals surface area contributed by atoms with Gasteiger partial charge in [-0.1, -0.05) is 35.9 Å². The Morgan fingerprint density at radius 3 is 3.00 bits per heavy atom. The van der Waals surface area contributed by atoms with Crippen molar-refractivity contribution in [3.05, 3.63) is 62.8 Å². The van der Waals surface area contributed by atoms with E-state index in [-0.39, 0.29) is 16.6 Å². The van der Waals surface area contributed by atoms with Gasteiger partial charge in [0.2, 0.25) is 0 Å². The Labute approximate surface area is 135 Å². The fraction of sp³-hybridized carbons (Fsp3) is 0.200. The van der Waals surface area contributed by atoms with Crippen LogP contribution in [0.25, 0.3) is 0 Å². The zero-order valence-corrected chi connectivity index (χ0v) is 13.2. The van der Waals surface area contributed by atoms with Crippen LogP contribution in [0.4, 0.5) is 0 Å². The number of nitrogens with one attached hydrogen (secondary N) is 1. The van der Waals surface area contributed by atoms with Crippen LogP contribution in [0, 0.1) is 0 Å². The van der Waals surface area contributed by atoms with E-state index in [2.05, 4.69) is 26.2 Å². The van der Waals surface area contributed by atoms with Gasteiger partial charge >= 0.3 is 0 Å². The molecule has 0 bridgehead atoms. The number of pyridine rings is 1. The van der Waals surface area contributed by atoms with Gasteiger partial charge in [0.1, 0.15) is 5.15 Å². The summed E-state index contributed by atoms with van der Waals surface area (Å²) >= 11 is 9.22. The third kappa shape index (κ3) is 2.81. The first-order chi connectivity index (χ1) is 10.1. The lowest BCUT2D eigenvalue weighted by Gasteiger charge is -2.18. The molecule has 1 aliphatic rings. The topological polar surface area (TPSA) is 62.2 Å². The molecule has 0 aliphatic heterocycles. The predicted molar refractivity (Wildman–Crippen MR) is 83.3 cm³/mol. The van der Waals surface area contributed by atoms with Crippen molar-refractivity contribution >= 4 is 33.4 Å². The third-order valence-electron chi connectivity index (χ3n) is 3.54. The summed E-state index contributed by atoms with van der Waals surface area (Å²) in [5, 5.41) is 13.1. The van der Waals surface area contributed by atoms with Crippen LogP contribution in [0.1, 0.15) is 27.5 Å². The summed E-state index contributed by atoms with van der Waals surface area (Å²) < 4.78 is 0.671. The van der Waals surface area contributed by atoms with E-state index in [1.54, 1.807) is 6.07 Å². The normalized spacial score (nSPS) is 20.1. The van der Waals surface area contributed by atoms with E-state index in [9.17, 15) is 9.90 Å². The predicted octanol–water partition coefficient (Wildman–Crippen LogP) is 2.89. The van der Waals surface area contributed by atoms with E-state index in [0.717, 1.165) is 11.1 Å². The summed E-state index contributed by atoms with van der Waals surface area (Å²) in [4.78, 5) is 16.3. The van der Waals surface area contributed by atoms with E-state index >= 15 is 0 Å². The van der Waals surface area contributed by atoms with Crippen LogP contribution in [0.15, 0.2) is 41.0 Å². The molecule has 6 heteroatoms. The Kier molecular flexibility index (Phi) is 3.97. The fourth-order valence-corrected chi connectivity index (χ4v) is 3.07. The van der Waals surface area contributed by atoms with Crippen molar-refractivity contribution in [3.63, 3.8) is 0 Å². The number of aliphatic hydroxyl groups is 1. The van der Waals surface area contributed by atoms with Crippen LogP contribution >= 0.6 is 27.5 Å². The van der Waals surface area contributed by atoms with Crippen LogP contribution in [0.5, 0.6) is 0 Å². The van der Waals surface area contributed by atoms with Crippen molar-refractivity contribution in [2.24, 2.45) is 0 Å². The average molecular weight is 368 g/mol. The number of rotatable bonds is 2. The number of hydrogen-bond donors (Lipinski definition) is 2. The molecule has 4 nitrogen and oxygen atoms in total. The van der Waals surface area contributed by atoms with Crippen LogP contribution in [-0.2, 0) is 6.42 Å². The van der Waals surface area contributed by atoms with E-state index in [1.807, 2.05) is 24.3 Å². The zero-order valence-electron chi connectivity index (χ0n) is 10.9. The number of halogens is 2. The number of carbonyl (C=O) groups excluding carboxylic acids is 1. The molecule has 2 atom stereocenters. The van der Waals surface area contributed by atoms with Crippen LogP contribution < -0.4 is 5.32 Å². The maximum Gasteiger partial charge on any atom is 0.255 e. The summed E-state index contributed by atoms with van der Waals surface area (Å²) in [7, 11) is 0. The van der Waals surface area contributed by atoms with Crippen molar-refractivity contribution < 1.29 is 9.90 Å². The van der Waals surface area contributed by atoms with E-state index in [1.165, 1.54) is 6.20 Å². The molecule has 0 fully saturated rings. The van der Waals surface area contributed by atoms with Gasteiger partial charge in [-0.3, -0.25) is 4.79 Å². The lowest BCUT2D eigenvalue weighted by molar-refractivity contribution is 0.0858. The second kappa shape index (κ2) is 5.75. The molecule has 2 N–H and O–H groups in total. The van der Waals surface area contributed by atoms with E-state index in [4.69, 9.17) is 11.6 Å². The molecule has 108 valence electrons. The lowest BCUT2D eigenvalue weighted by atomic mass is 10.1. The summed E-state index contributed by atoms with van der Waals surface area (Å²) in [6.45, 7) is 0. The first kappa shape index (κ1) is 14.5. The SMILES string of the molecule is O=C(N[C@@H]1c2ccccc2C[C@@H]1O)c1cc(Br)cnc1Cl. The molecule has 3 rings (SSSR count). The number of nitrogens with zero attached hydrogens (tertiary/aromatic N) is 1. The first-order valence-electron chi connectivity index (χ1n) is 6.44. The second-order valence-corrected chi connectivity index (χ2v) is 6.19. The Hall–Kier alpha value is -1.43. The van der Waals surface area contributed by atoms with Gasteiger partial charge in [0, 0.05) is 17.1 Å². The zero-order chi connectivity index (χ0) is 15.0. The van der Waals surface area contributed by atoms with Gasteiger partial charge in [0.25, 0.3) is 5.91 Å². The molecule has 0 radical (unpaired) electrons. The van der Waals surface area contributed by atoms with E-state index in [0.29, 0.717) is 10.9 Å². The number of fused-ring (bicyclic) bond motifs is 1. The molecular formula is C15H12BrClN2O2. The van der Waals surface area contributed by atoms with Crippen molar-refractivity contribution in [1.82, 2.24) is 10.3 Å². The molecule has 0 saturated carbocycles. The van der Waals surface area contributed by atoms with Crippen molar-refractivity contribution in [3.8, 4) is 0 Å². The monoisotopic (exact) mass is 366 g/mol. The Balaban J connectivity index is 1.87. The maximum atomic E-state index is 12.4. The lowest BCUT2D eigenvalue weighted by Crippen LogP contribution is -2.34. The molecule has 0 spiro atoms. The van der Waals surface area contributed by atoms with Crippen LogP contribution in [0.3, 0.4) is 0 Å². The molecule has 2 aromatic rings. The number of amides is 1. The minimum absolute atomic E-state index is 0.136. The summed E-state index contributed by atoms with van der Waals surface area (Å²) in [6, 6.07) is 8.87. The number of aromatic nitrogens is 1. The Morgan fingerprint density at radius 2 is 2.19 bits per heavy atom. The van der Waals surface area contributed by atoms with Crippen molar-refractivity contribution in [1.29, 1.82) is 0 Å². The molecular weight excluding hydrogens is 356 g/mol. The number of hydrogen-bond acceptors (Lipinski definition) is 3. The summed E-state index contributed by atoms with van der Waals surface area (Å²) in [6.07, 6.45) is 1.43. The first-order valence-corrected chi connectivity index (χ1v) is 7.61. The third-order valence-corrected chi connectivity index (χ3v) is 4.28. The summed E-state index contributed by atoms with van der Waals surface area (Å²) in [5.74, 6) is -0.352. The van der Waals surface area contributed by atoms with Gasteiger partial charge in [-0.05, 0) is 33.1 Å². The number of carbonyl (C=O) groups is 1. The molecule has 0 saturated heterocycles. The molecule has 21 heavy (non-hydrogen) atoms. The number of benzene rings is 1. The standard InChI is InChI=1S/C15H12BrClN2O2/c16-9-6-11(14(17)18-7-9)15(21)19-13-10-4-2-1-3-8(10)5-12(13)20/h1-4,6-7,12-13,20H,5H2,(H,19,21)/t12-,13+/m0/s1. The Bertz CT molecular complexity index is 708. The fourth-order valence-electron chi connectivity index (χ4n) is 2.55. The van der Waals surface area contributed by atoms with Gasteiger partial charge in [-0.15, -0.1) is 0 Å². The molecule has 1 aromatic heterocycles. The van der Waals surface area contributed by atoms with Gasteiger partial charge in [0.15, 0.2) is 0 Å². The Morgan fingerprint density at radius 1 is 1.43 bits per heavy atom. The van der Waals surface area contributed by atoms with Crippen molar-refractivity contribution in [2.45, 2.75) is 18.6 Å². The minimum Gasteiger partial charge on any atom is -0.390 e. The summed E-state index contributed by atoms with van der Waals surface area (Å²) in [5.41, 5.74) is 2.27. The van der Waals surface area contributed by atoms with Crippen molar-refractivity contribution in [2.75, 3.05) is 0 Å². The van der Waals surface area contributed by atoms with Gasteiger partial charge in [-0.2, -0.15) is 0 Å². The van der Waals surface area contributed by atoms with Gasteiger partial charge in [-0.25, -0.2) is 4.98 Å². The quantitative estimate of drug-likeness (QED) is 0.802. The smallest absolute Gasteiger partial charge is 0.255 e. The highest BCUT2D eigenvalue weighted by Gasteiger charge is 2.32.